The number of nitrogens with zero attached hydrogens (tertiary/aromatic N) is 2. The number of pyridine rings is 1. The summed E-state index contributed by atoms with van der Waals surface area (Å²) in [6.45, 7) is 2.59. The Morgan fingerprint density at radius 3 is 2.50 bits per heavy atom. The first-order chi connectivity index (χ1) is 33.1. The molecular weight excluding hydrogens is 899 g/mol. The second-order valence-electron chi connectivity index (χ2n) is 21.8. The zero-order chi connectivity index (χ0) is 46.9. The van der Waals surface area contributed by atoms with Crippen molar-refractivity contribution >= 4 is 51.2 Å². The summed E-state index contributed by atoms with van der Waals surface area (Å²) in [5.41, 5.74) is 3.82. The van der Waals surface area contributed by atoms with Crippen LogP contribution < -0.4 is 5.32 Å². The van der Waals surface area contributed by atoms with Crippen molar-refractivity contribution < 1.29 is 44.0 Å². The molecule has 1 aromatic rings. The number of esters is 2. The summed E-state index contributed by atoms with van der Waals surface area (Å²) >= 11 is 0. The molecule has 7 bridgehead atoms. The molecule has 3 saturated carbocycles. The Labute approximate surface area is 407 Å². The third-order valence-electron chi connectivity index (χ3n) is 18.9. The molecule has 4 N–H and O–H groups in total. The number of anilines is 1. The number of carbonyl (C=O) groups is 4. The molecule has 12 nitrogen and oxygen atoms in total. The normalized spacial score (nSPS) is 36.4. The molecule has 1 spiro atoms. The molecular formula is C54H67N3O9S2. The van der Waals surface area contributed by atoms with E-state index < -0.39 is 22.7 Å². The summed E-state index contributed by atoms with van der Waals surface area (Å²) in [4.78, 5) is 63.0. The number of carbonyl (C=O) groups excluding carboxylic acids is 4. The van der Waals surface area contributed by atoms with Gasteiger partial charge in [0.2, 0.25) is 0 Å². The average Bonchev–Trinajstić information content (AvgIpc) is 4.13. The molecule has 9 atom stereocenters. The molecule has 364 valence electrons. The van der Waals surface area contributed by atoms with Gasteiger partial charge in [0.15, 0.2) is 0 Å². The minimum absolute atomic E-state index is 0.0168. The van der Waals surface area contributed by atoms with Crippen LogP contribution in [0.5, 0.6) is 0 Å². The molecule has 14 heteroatoms. The van der Waals surface area contributed by atoms with Crippen molar-refractivity contribution in [1.82, 2.24) is 9.88 Å². The fraction of sp³-hybridized carbons (Fsp3) is 0.648. The Morgan fingerprint density at radius 1 is 0.956 bits per heavy atom. The third kappa shape index (κ3) is 7.71. The Kier molecular flexibility index (Phi) is 12.9. The van der Waals surface area contributed by atoms with Gasteiger partial charge in [0.05, 0.1) is 16.9 Å². The van der Waals surface area contributed by atoms with Crippen LogP contribution in [0.15, 0.2) is 75.9 Å². The number of aliphatic hydroxyl groups excluding tert-OH is 3. The maximum absolute atomic E-state index is 15.2. The van der Waals surface area contributed by atoms with Gasteiger partial charge in [-0.25, -0.2) is 14.6 Å². The number of allylic oxidation sites excluding steroid dienone is 4. The summed E-state index contributed by atoms with van der Waals surface area (Å²) < 4.78 is 13.3. The summed E-state index contributed by atoms with van der Waals surface area (Å²) in [6.07, 6.45) is 23.0. The van der Waals surface area contributed by atoms with Crippen molar-refractivity contribution in [3.63, 3.8) is 0 Å². The Morgan fingerprint density at radius 2 is 1.75 bits per heavy atom. The Balaban J connectivity index is 1.05. The van der Waals surface area contributed by atoms with Crippen molar-refractivity contribution in [2.75, 3.05) is 31.0 Å². The molecule has 12 rings (SSSR count). The van der Waals surface area contributed by atoms with Crippen LogP contribution in [0.3, 0.4) is 0 Å². The quantitative estimate of drug-likeness (QED) is 0.0940. The van der Waals surface area contributed by atoms with Gasteiger partial charge in [-0.2, -0.15) is 0 Å². The number of hydrogen-bond donors (Lipinski definition) is 4. The van der Waals surface area contributed by atoms with E-state index in [9.17, 15) is 29.7 Å². The summed E-state index contributed by atoms with van der Waals surface area (Å²) in [5.74, 6) is 0.883. The highest BCUT2D eigenvalue weighted by Gasteiger charge is 2.70. The largest absolute Gasteiger partial charge is 0.427 e. The monoisotopic (exact) mass is 965 g/mol. The maximum Gasteiger partial charge on any atom is 0.340 e. The number of imide groups is 1. The molecule has 0 unspecified atom stereocenters. The lowest BCUT2D eigenvalue weighted by Gasteiger charge is -2.58. The van der Waals surface area contributed by atoms with Crippen LogP contribution in [0.1, 0.15) is 134 Å². The van der Waals surface area contributed by atoms with Crippen molar-refractivity contribution in [1.29, 1.82) is 0 Å². The number of nitrogens with one attached hydrogen (secondary N) is 1. The number of aliphatic hydroxyl groups is 3. The van der Waals surface area contributed by atoms with Crippen molar-refractivity contribution in [2.24, 2.45) is 58.2 Å². The van der Waals surface area contributed by atoms with E-state index in [1.54, 1.807) is 6.20 Å². The Bertz CT molecular complexity index is 2380. The number of amides is 2. The SMILES string of the molecule is CCC1(C2=C3OC(=O)C4=C3[C@@H](CC2)C[C@H]2[C@@H]3CC[C@@]5(C6=C3[C@H](CN3C(=O)C=CC3=O)c3ccnc(c3)NCSS[C@H](O)[C@H](C3CCC(C[C@H](CO)CCCO)CC3)C/C=C\5OC6=O)[C@@H]42)CCCC1. The van der Waals surface area contributed by atoms with E-state index in [1.807, 2.05) is 12.1 Å². The molecule has 4 fully saturated rings. The van der Waals surface area contributed by atoms with E-state index >= 15 is 4.79 Å². The number of ether oxygens (including phenoxy) is 2. The molecule has 5 heterocycles. The van der Waals surface area contributed by atoms with Crippen LogP contribution in [0.4, 0.5) is 5.82 Å². The fourth-order valence-electron chi connectivity index (χ4n) is 15.7. The second kappa shape index (κ2) is 18.8. The predicted molar refractivity (Wildman–Crippen MR) is 260 cm³/mol. The van der Waals surface area contributed by atoms with Crippen LogP contribution in [0.25, 0.3) is 0 Å². The van der Waals surface area contributed by atoms with Gasteiger partial charge >= 0.3 is 11.9 Å². The summed E-state index contributed by atoms with van der Waals surface area (Å²) in [6, 6.07) is 3.91. The van der Waals surface area contributed by atoms with E-state index in [-0.39, 0.29) is 84.4 Å². The number of hydrogen-bond acceptors (Lipinski definition) is 13. The molecule has 0 radical (unpaired) electrons. The van der Waals surface area contributed by atoms with Gasteiger partial charge in [-0.15, -0.1) is 0 Å². The van der Waals surface area contributed by atoms with Gasteiger partial charge in [-0.05, 0) is 166 Å². The molecule has 0 aromatic carbocycles. The zero-order valence-corrected chi connectivity index (χ0v) is 40.9. The lowest BCUT2D eigenvalue weighted by Crippen LogP contribution is -2.54. The highest BCUT2D eigenvalue weighted by Crippen LogP contribution is 2.73. The molecule has 11 aliphatic rings. The lowest BCUT2D eigenvalue weighted by molar-refractivity contribution is -0.137. The summed E-state index contributed by atoms with van der Waals surface area (Å²) in [5, 5.41) is 35.2. The Hall–Kier alpha value is -3.69. The number of fused-ring (bicyclic) bond motifs is 3. The van der Waals surface area contributed by atoms with Crippen LogP contribution in [0.2, 0.25) is 0 Å². The minimum Gasteiger partial charge on any atom is -0.427 e. The molecule has 7 aliphatic carbocycles. The van der Waals surface area contributed by atoms with Gasteiger partial charge in [0, 0.05) is 67.0 Å². The maximum atomic E-state index is 15.2. The number of aromatic nitrogens is 1. The highest BCUT2D eigenvalue weighted by molar-refractivity contribution is 8.76. The standard InChI is InChI=1S/C54H67N3O9S2/c1-2-53(19-3-4-20-53)39-13-11-34-25-37-36-17-21-54(47(37)46-44(34)49(39)66-50(46)62)40-14-12-35(32-9-7-30(8-10-32)24-31(28-59)6-5-23-58)52(64)68-67-29-56-41-26-33(18-22-55-41)38(45(36)48(54)51(63)65-40)27-57-42(60)15-16-43(57)61/h14-16,18,22,26,30-32,34-38,47,52,58-59,64H,2-13,17,19-21,23-25,27-29H2,1H3,(H,55,56)/b40-14+/t30?,31-,32?,34+,35+,36+,37+,38-,47-,52+,54+/m1/s1. The van der Waals surface area contributed by atoms with Gasteiger partial charge in [0.25, 0.3) is 11.8 Å². The van der Waals surface area contributed by atoms with Gasteiger partial charge in [-0.1, -0.05) is 54.2 Å². The van der Waals surface area contributed by atoms with Gasteiger partial charge in [0.1, 0.15) is 22.8 Å². The lowest BCUT2D eigenvalue weighted by atomic mass is 9.42. The molecule has 4 aliphatic heterocycles. The van der Waals surface area contributed by atoms with E-state index in [1.165, 1.54) is 57.1 Å². The van der Waals surface area contributed by atoms with Crippen LogP contribution in [-0.2, 0) is 28.7 Å². The minimum atomic E-state index is -0.981. The predicted octanol–water partition coefficient (Wildman–Crippen LogP) is 9.03. The second-order valence-corrected chi connectivity index (χ2v) is 24.3. The average molecular weight is 966 g/mol. The fourth-order valence-corrected chi connectivity index (χ4v) is 17.9. The molecule has 1 saturated heterocycles. The van der Waals surface area contributed by atoms with E-state index in [0.717, 1.165) is 112 Å². The molecule has 2 amide bonds. The molecule has 68 heavy (non-hydrogen) atoms. The van der Waals surface area contributed by atoms with Crippen molar-refractivity contribution in [3.8, 4) is 0 Å². The van der Waals surface area contributed by atoms with Crippen molar-refractivity contribution in [2.45, 2.75) is 134 Å². The first kappa shape index (κ1) is 46.7. The zero-order valence-electron chi connectivity index (χ0n) is 39.3. The van der Waals surface area contributed by atoms with E-state index in [4.69, 9.17) is 9.47 Å². The summed E-state index contributed by atoms with van der Waals surface area (Å²) in [7, 11) is 2.98. The first-order valence-corrected chi connectivity index (χ1v) is 28.3. The van der Waals surface area contributed by atoms with Gasteiger partial charge < -0.3 is 30.1 Å². The first-order valence-electron chi connectivity index (χ1n) is 25.9. The van der Waals surface area contributed by atoms with Crippen LogP contribution >= 0.6 is 21.6 Å². The smallest absolute Gasteiger partial charge is 0.340 e. The van der Waals surface area contributed by atoms with Gasteiger partial charge in [-0.3, -0.25) is 14.5 Å². The molecule has 1 aromatic heterocycles. The van der Waals surface area contributed by atoms with E-state index in [0.29, 0.717) is 48.2 Å². The third-order valence-corrected chi connectivity index (χ3v) is 21.2. The number of rotatable bonds is 11. The highest BCUT2D eigenvalue weighted by atomic mass is 33.1. The van der Waals surface area contributed by atoms with Crippen molar-refractivity contribution in [3.05, 3.63) is 81.5 Å². The van der Waals surface area contributed by atoms with E-state index in [2.05, 4.69) is 23.3 Å². The van der Waals surface area contributed by atoms with Crippen LogP contribution in [-0.4, -0.2) is 80.0 Å². The topological polar surface area (TPSA) is 176 Å². The van der Waals surface area contributed by atoms with Crippen LogP contribution in [0, 0.1) is 58.2 Å².